The molecule has 1 aromatic rings. The zero-order chi connectivity index (χ0) is 14.6. The summed E-state index contributed by atoms with van der Waals surface area (Å²) >= 11 is 0. The number of aromatic hydroxyl groups is 1. The van der Waals surface area contributed by atoms with E-state index in [1.165, 1.54) is 17.0 Å². The van der Waals surface area contributed by atoms with Gasteiger partial charge in [0, 0.05) is 6.54 Å². The van der Waals surface area contributed by atoms with Gasteiger partial charge in [-0.2, -0.15) is 0 Å². The van der Waals surface area contributed by atoms with Crippen molar-refractivity contribution in [2.75, 3.05) is 13.1 Å². The highest BCUT2D eigenvalue weighted by Gasteiger charge is 2.23. The van der Waals surface area contributed by atoms with E-state index in [1.807, 2.05) is 20.8 Å². The van der Waals surface area contributed by atoms with Gasteiger partial charge in [-0.3, -0.25) is 0 Å². The summed E-state index contributed by atoms with van der Waals surface area (Å²) in [5.74, 6) is 0.112. The van der Waals surface area contributed by atoms with Crippen LogP contribution < -0.4 is 0 Å². The van der Waals surface area contributed by atoms with Crippen LogP contribution in [0.2, 0.25) is 0 Å². The average Bonchev–Trinajstić information content (AvgIpc) is 2.27. The minimum Gasteiger partial charge on any atom is -0.508 e. The molecule has 0 aromatic heterocycles. The molecule has 0 fully saturated rings. The topological polar surface area (TPSA) is 81.0 Å². The van der Waals surface area contributed by atoms with Crippen LogP contribution in [0.3, 0.4) is 0 Å². The Balaban J connectivity index is 2.73. The van der Waals surface area contributed by atoms with Gasteiger partial charge in [-0.05, 0) is 23.1 Å². The van der Waals surface area contributed by atoms with Gasteiger partial charge in [0.2, 0.25) is 0 Å². The molecule has 1 aromatic carbocycles. The summed E-state index contributed by atoms with van der Waals surface area (Å²) in [5, 5.41) is 28.4. The zero-order valence-corrected chi connectivity index (χ0v) is 11.5. The summed E-state index contributed by atoms with van der Waals surface area (Å²) < 4.78 is 0. The van der Waals surface area contributed by atoms with Gasteiger partial charge in [0.15, 0.2) is 0 Å². The molecule has 5 heteroatoms. The van der Waals surface area contributed by atoms with E-state index < -0.39 is 12.2 Å². The SMILES string of the molecule is CC(C)(C)CN(CC(O)c1ccc(O)cc1)C(=O)O. The molecule has 5 nitrogen and oxygen atoms in total. The highest BCUT2D eigenvalue weighted by atomic mass is 16.4. The second-order valence-electron chi connectivity index (χ2n) is 5.83. The number of aliphatic hydroxyl groups is 1. The van der Waals surface area contributed by atoms with Gasteiger partial charge in [0.25, 0.3) is 0 Å². The fraction of sp³-hybridized carbons (Fsp3) is 0.500. The van der Waals surface area contributed by atoms with Crippen LogP contribution in [-0.2, 0) is 0 Å². The molecule has 0 saturated carbocycles. The fourth-order valence-corrected chi connectivity index (χ4v) is 1.79. The third kappa shape index (κ3) is 5.18. The maximum atomic E-state index is 11.2. The van der Waals surface area contributed by atoms with E-state index in [4.69, 9.17) is 5.11 Å². The average molecular weight is 267 g/mol. The summed E-state index contributed by atoms with van der Waals surface area (Å²) in [5.41, 5.74) is 0.408. The van der Waals surface area contributed by atoms with Crippen LogP contribution in [-0.4, -0.2) is 39.4 Å². The number of rotatable bonds is 4. The van der Waals surface area contributed by atoms with Crippen LogP contribution in [0.1, 0.15) is 32.4 Å². The Labute approximate surface area is 113 Å². The van der Waals surface area contributed by atoms with Crippen LogP contribution in [0.4, 0.5) is 4.79 Å². The molecule has 1 rings (SSSR count). The maximum Gasteiger partial charge on any atom is 0.407 e. The Morgan fingerprint density at radius 1 is 1.26 bits per heavy atom. The highest BCUT2D eigenvalue weighted by Crippen LogP contribution is 2.21. The highest BCUT2D eigenvalue weighted by molar-refractivity contribution is 5.65. The molecule has 0 aliphatic heterocycles. The number of phenolic OH excluding ortho intramolecular Hbond substituents is 1. The van der Waals surface area contributed by atoms with Crippen molar-refractivity contribution in [3.63, 3.8) is 0 Å². The van der Waals surface area contributed by atoms with E-state index in [1.54, 1.807) is 12.1 Å². The van der Waals surface area contributed by atoms with Gasteiger partial charge in [-0.25, -0.2) is 4.79 Å². The third-order valence-corrected chi connectivity index (χ3v) is 2.61. The normalized spacial score (nSPS) is 13.1. The number of hydrogen-bond acceptors (Lipinski definition) is 3. The summed E-state index contributed by atoms with van der Waals surface area (Å²) in [7, 11) is 0. The molecule has 1 unspecified atom stereocenters. The first-order valence-corrected chi connectivity index (χ1v) is 6.14. The largest absolute Gasteiger partial charge is 0.508 e. The zero-order valence-electron chi connectivity index (χ0n) is 11.5. The molecule has 0 spiro atoms. The van der Waals surface area contributed by atoms with Crippen molar-refractivity contribution in [1.82, 2.24) is 4.90 Å². The standard InChI is InChI=1S/C14H21NO4/c1-14(2,3)9-15(13(18)19)8-12(17)10-4-6-11(16)7-5-10/h4-7,12,16-17H,8-9H2,1-3H3,(H,18,19). The predicted molar refractivity (Wildman–Crippen MR) is 72.1 cm³/mol. The molecule has 0 heterocycles. The van der Waals surface area contributed by atoms with Gasteiger partial charge in [0.1, 0.15) is 5.75 Å². The Morgan fingerprint density at radius 2 is 1.79 bits per heavy atom. The first-order valence-electron chi connectivity index (χ1n) is 6.14. The summed E-state index contributed by atoms with van der Waals surface area (Å²) in [6, 6.07) is 6.09. The Bertz CT molecular complexity index is 422. The van der Waals surface area contributed by atoms with Crippen molar-refractivity contribution >= 4 is 6.09 Å². The number of amides is 1. The second-order valence-corrected chi connectivity index (χ2v) is 5.83. The number of carboxylic acid groups (broad SMARTS) is 1. The quantitative estimate of drug-likeness (QED) is 0.782. The Morgan fingerprint density at radius 3 is 2.21 bits per heavy atom. The third-order valence-electron chi connectivity index (χ3n) is 2.61. The summed E-state index contributed by atoms with van der Waals surface area (Å²) in [6.45, 7) is 6.18. The van der Waals surface area contributed by atoms with E-state index in [2.05, 4.69) is 0 Å². The lowest BCUT2D eigenvalue weighted by molar-refractivity contribution is 0.0808. The van der Waals surface area contributed by atoms with Crippen molar-refractivity contribution in [3.05, 3.63) is 29.8 Å². The van der Waals surface area contributed by atoms with Gasteiger partial charge in [0.05, 0.1) is 12.6 Å². The minimum atomic E-state index is -1.05. The van der Waals surface area contributed by atoms with Crippen molar-refractivity contribution in [3.8, 4) is 5.75 Å². The molecule has 1 atom stereocenters. The summed E-state index contributed by atoms with van der Waals surface area (Å²) in [6.07, 6.45) is -1.95. The number of aliphatic hydroxyl groups excluding tert-OH is 1. The molecule has 0 aliphatic carbocycles. The van der Waals surface area contributed by atoms with E-state index in [0.29, 0.717) is 12.1 Å². The molecule has 0 radical (unpaired) electrons. The van der Waals surface area contributed by atoms with Crippen LogP contribution in [0.15, 0.2) is 24.3 Å². The van der Waals surface area contributed by atoms with Gasteiger partial charge >= 0.3 is 6.09 Å². The van der Waals surface area contributed by atoms with Crippen molar-refractivity contribution in [1.29, 1.82) is 0 Å². The molecule has 106 valence electrons. The lowest BCUT2D eigenvalue weighted by Gasteiger charge is -2.29. The van der Waals surface area contributed by atoms with Crippen molar-refractivity contribution < 1.29 is 20.1 Å². The molecule has 3 N–H and O–H groups in total. The van der Waals surface area contributed by atoms with Crippen LogP contribution in [0.5, 0.6) is 5.75 Å². The van der Waals surface area contributed by atoms with E-state index in [0.717, 1.165) is 0 Å². The number of phenols is 1. The van der Waals surface area contributed by atoms with E-state index >= 15 is 0 Å². The van der Waals surface area contributed by atoms with Crippen LogP contribution in [0, 0.1) is 5.41 Å². The Hall–Kier alpha value is -1.75. The van der Waals surface area contributed by atoms with E-state index in [9.17, 15) is 15.0 Å². The molecule has 0 bridgehead atoms. The van der Waals surface area contributed by atoms with Crippen LogP contribution >= 0.6 is 0 Å². The molecular formula is C14H21NO4. The first kappa shape index (κ1) is 15.3. The lowest BCUT2D eigenvalue weighted by atomic mass is 9.96. The minimum absolute atomic E-state index is 0.0113. The monoisotopic (exact) mass is 267 g/mol. The second kappa shape index (κ2) is 5.93. The first-order chi connectivity index (χ1) is 8.69. The summed E-state index contributed by atoms with van der Waals surface area (Å²) in [4.78, 5) is 12.4. The smallest absolute Gasteiger partial charge is 0.407 e. The number of hydrogen-bond donors (Lipinski definition) is 3. The Kier molecular flexibility index (Phi) is 4.78. The van der Waals surface area contributed by atoms with Crippen LogP contribution in [0.25, 0.3) is 0 Å². The predicted octanol–water partition coefficient (Wildman–Crippen LogP) is 2.45. The van der Waals surface area contributed by atoms with Gasteiger partial charge in [-0.15, -0.1) is 0 Å². The van der Waals surface area contributed by atoms with Gasteiger partial charge < -0.3 is 20.2 Å². The molecule has 19 heavy (non-hydrogen) atoms. The van der Waals surface area contributed by atoms with Gasteiger partial charge in [-0.1, -0.05) is 32.9 Å². The lowest BCUT2D eigenvalue weighted by Crippen LogP contribution is -2.39. The number of nitrogens with zero attached hydrogens (tertiary/aromatic N) is 1. The molecular weight excluding hydrogens is 246 g/mol. The maximum absolute atomic E-state index is 11.2. The van der Waals surface area contributed by atoms with E-state index in [-0.39, 0.29) is 17.7 Å². The molecule has 1 amide bonds. The number of carbonyl (C=O) groups is 1. The van der Waals surface area contributed by atoms with Crippen molar-refractivity contribution in [2.24, 2.45) is 5.41 Å². The van der Waals surface area contributed by atoms with Crippen molar-refractivity contribution in [2.45, 2.75) is 26.9 Å². The molecule has 0 saturated heterocycles. The fourth-order valence-electron chi connectivity index (χ4n) is 1.79. The molecule has 0 aliphatic rings. The number of benzene rings is 1.